The van der Waals surface area contributed by atoms with Crippen molar-refractivity contribution in [2.75, 3.05) is 5.75 Å². The average Bonchev–Trinajstić information content (AvgIpc) is 2.76. The fourth-order valence-corrected chi connectivity index (χ4v) is 3.82. The number of ketones is 1. The lowest BCUT2D eigenvalue weighted by Crippen LogP contribution is -2.31. The molecule has 4 heteroatoms. The highest BCUT2D eigenvalue weighted by molar-refractivity contribution is 8.00. The van der Waals surface area contributed by atoms with Gasteiger partial charge in [0, 0.05) is 5.70 Å². The Labute approximate surface area is 176 Å². The first kappa shape index (κ1) is 20.4. The van der Waals surface area contributed by atoms with Crippen LogP contribution in [0.3, 0.4) is 0 Å². The number of carbonyl (C=O) groups is 1. The van der Waals surface area contributed by atoms with E-state index in [2.05, 4.69) is 11.4 Å². The third kappa shape index (κ3) is 6.10. The molecule has 3 nitrogen and oxygen atoms in total. The van der Waals surface area contributed by atoms with Crippen molar-refractivity contribution in [2.45, 2.75) is 12.3 Å². The second kappa shape index (κ2) is 10.3. The third-order valence-electron chi connectivity index (χ3n) is 4.27. The van der Waals surface area contributed by atoms with Crippen LogP contribution in [-0.4, -0.2) is 16.9 Å². The summed E-state index contributed by atoms with van der Waals surface area (Å²) < 4.78 is 0. The van der Waals surface area contributed by atoms with Crippen LogP contribution in [0.15, 0.2) is 95.7 Å². The minimum atomic E-state index is -0.264. The molecular weight excluding hydrogens is 376 g/mol. The summed E-state index contributed by atoms with van der Waals surface area (Å²) in [6.07, 6.45) is 9.97. The molecule has 1 unspecified atom stereocenters. The molecule has 0 saturated heterocycles. The predicted octanol–water partition coefficient (Wildman–Crippen LogP) is 5.37. The number of carbonyl (C=O) groups excluding carboxylic acids is 1. The largest absolute Gasteiger partial charge is 0.369 e. The number of allylic oxidation sites excluding steroid dienone is 4. The van der Waals surface area contributed by atoms with Crippen molar-refractivity contribution >= 4 is 29.7 Å². The molecule has 144 valence electrons. The molecule has 2 aromatic carbocycles. The minimum Gasteiger partial charge on any atom is -0.369 e. The van der Waals surface area contributed by atoms with Gasteiger partial charge in [0.2, 0.25) is 0 Å². The molecule has 29 heavy (non-hydrogen) atoms. The summed E-state index contributed by atoms with van der Waals surface area (Å²) >= 11 is 1.44. The highest BCUT2D eigenvalue weighted by atomic mass is 32.2. The lowest BCUT2D eigenvalue weighted by molar-refractivity contribution is -0.114. The summed E-state index contributed by atoms with van der Waals surface area (Å²) in [6.45, 7) is 1.56. The molecule has 3 rings (SSSR count). The summed E-state index contributed by atoms with van der Waals surface area (Å²) in [4.78, 5) is 11.5. The van der Waals surface area contributed by atoms with E-state index < -0.39 is 0 Å². The molecule has 0 aromatic heterocycles. The van der Waals surface area contributed by atoms with Gasteiger partial charge in [-0.25, -0.2) is 0 Å². The van der Waals surface area contributed by atoms with E-state index in [1.165, 1.54) is 11.8 Å². The van der Waals surface area contributed by atoms with Crippen molar-refractivity contribution < 1.29 is 4.79 Å². The Hall–Kier alpha value is -3.29. The molecule has 1 atom stereocenters. The SMILES string of the molecule is CC(=O)CSC1NC(/C=C/c2ccccc2)=CC(/C=C/c2ccccc2)=C1C#N. The zero-order chi connectivity index (χ0) is 20.5. The first-order valence-corrected chi connectivity index (χ1v) is 10.4. The minimum absolute atomic E-state index is 0.0893. The number of nitrogens with zero attached hydrogens (tertiary/aromatic N) is 1. The topological polar surface area (TPSA) is 52.9 Å². The predicted molar refractivity (Wildman–Crippen MR) is 122 cm³/mol. The summed E-state index contributed by atoms with van der Waals surface area (Å²) in [6, 6.07) is 22.4. The van der Waals surface area contributed by atoms with E-state index in [1.807, 2.05) is 91.0 Å². The number of nitriles is 1. The zero-order valence-corrected chi connectivity index (χ0v) is 17.0. The number of dihydropyridines is 1. The van der Waals surface area contributed by atoms with E-state index in [0.717, 1.165) is 22.4 Å². The summed E-state index contributed by atoms with van der Waals surface area (Å²) in [7, 11) is 0. The maximum Gasteiger partial charge on any atom is 0.139 e. The van der Waals surface area contributed by atoms with Crippen molar-refractivity contribution in [3.05, 3.63) is 107 Å². The van der Waals surface area contributed by atoms with Crippen LogP contribution >= 0.6 is 11.8 Å². The molecule has 1 aliphatic heterocycles. The molecule has 2 aromatic rings. The van der Waals surface area contributed by atoms with Gasteiger partial charge in [0.15, 0.2) is 0 Å². The van der Waals surface area contributed by atoms with Crippen LogP contribution in [0.2, 0.25) is 0 Å². The maximum absolute atomic E-state index is 11.5. The third-order valence-corrected chi connectivity index (χ3v) is 5.53. The Kier molecular flexibility index (Phi) is 7.27. The van der Waals surface area contributed by atoms with Crippen LogP contribution < -0.4 is 5.32 Å². The van der Waals surface area contributed by atoms with Crippen LogP contribution in [-0.2, 0) is 4.79 Å². The number of hydrogen-bond acceptors (Lipinski definition) is 4. The number of thioether (sulfide) groups is 1. The van der Waals surface area contributed by atoms with E-state index in [-0.39, 0.29) is 11.2 Å². The second-order valence-corrected chi connectivity index (χ2v) is 7.70. The number of rotatable bonds is 7. The van der Waals surface area contributed by atoms with Crippen molar-refractivity contribution in [3.63, 3.8) is 0 Å². The highest BCUT2D eigenvalue weighted by Crippen LogP contribution is 2.28. The normalized spacial score (nSPS) is 16.6. The van der Waals surface area contributed by atoms with E-state index in [0.29, 0.717) is 11.3 Å². The number of hydrogen-bond donors (Lipinski definition) is 1. The van der Waals surface area contributed by atoms with Gasteiger partial charge < -0.3 is 5.32 Å². The Morgan fingerprint density at radius 3 is 2.14 bits per heavy atom. The van der Waals surface area contributed by atoms with Crippen LogP contribution in [0, 0.1) is 11.3 Å². The van der Waals surface area contributed by atoms with Crippen LogP contribution in [0.25, 0.3) is 12.2 Å². The highest BCUT2D eigenvalue weighted by Gasteiger charge is 2.22. The van der Waals surface area contributed by atoms with E-state index >= 15 is 0 Å². The summed E-state index contributed by atoms with van der Waals surface area (Å²) in [5.74, 6) is 0.445. The number of benzene rings is 2. The molecule has 1 N–H and O–H groups in total. The molecule has 0 saturated carbocycles. The van der Waals surface area contributed by atoms with Crippen molar-refractivity contribution in [3.8, 4) is 6.07 Å². The summed E-state index contributed by atoms with van der Waals surface area (Å²) in [5.41, 5.74) is 4.55. The molecule has 1 aliphatic rings. The van der Waals surface area contributed by atoms with E-state index in [1.54, 1.807) is 6.92 Å². The van der Waals surface area contributed by atoms with Gasteiger partial charge in [-0.3, -0.25) is 4.79 Å². The number of Topliss-reactive ketones (excluding diaryl/α,β-unsaturated/α-hetero) is 1. The standard InChI is InChI=1S/C25H22N2OS/c1-19(28)18-29-25-24(17-26)22(14-12-20-8-4-2-5-9-20)16-23(27-25)15-13-21-10-6-3-7-11-21/h2-16,25,27H,18H2,1H3/b14-12+,15-13+. The van der Waals surface area contributed by atoms with Gasteiger partial charge in [0.1, 0.15) is 11.2 Å². The van der Waals surface area contributed by atoms with E-state index in [9.17, 15) is 10.1 Å². The van der Waals surface area contributed by atoms with Gasteiger partial charge in [0.05, 0.1) is 17.4 Å². The summed E-state index contributed by atoms with van der Waals surface area (Å²) in [5, 5.41) is 12.9. The average molecular weight is 399 g/mol. The molecule has 0 radical (unpaired) electrons. The quantitative estimate of drug-likeness (QED) is 0.681. The van der Waals surface area contributed by atoms with Gasteiger partial charge in [0.25, 0.3) is 0 Å². The smallest absolute Gasteiger partial charge is 0.139 e. The van der Waals surface area contributed by atoms with Gasteiger partial charge in [-0.15, -0.1) is 11.8 Å². The first-order valence-electron chi connectivity index (χ1n) is 9.35. The van der Waals surface area contributed by atoms with Gasteiger partial charge in [-0.05, 0) is 35.8 Å². The molecule has 1 heterocycles. The molecule has 0 aliphatic carbocycles. The second-order valence-electron chi connectivity index (χ2n) is 6.61. The van der Waals surface area contributed by atoms with E-state index in [4.69, 9.17) is 0 Å². The van der Waals surface area contributed by atoms with Crippen LogP contribution in [0.1, 0.15) is 18.1 Å². The monoisotopic (exact) mass is 398 g/mol. The van der Waals surface area contributed by atoms with Gasteiger partial charge >= 0.3 is 0 Å². The Bertz CT molecular complexity index is 1010. The molecule has 0 amide bonds. The lowest BCUT2D eigenvalue weighted by Gasteiger charge is -2.24. The first-order chi connectivity index (χ1) is 14.2. The van der Waals surface area contributed by atoms with Crippen molar-refractivity contribution in [2.24, 2.45) is 0 Å². The molecular formula is C25H22N2OS. The molecule has 0 fully saturated rings. The van der Waals surface area contributed by atoms with Gasteiger partial charge in [-0.1, -0.05) is 78.9 Å². The number of nitrogens with one attached hydrogen (secondary N) is 1. The maximum atomic E-state index is 11.5. The Balaban J connectivity index is 1.92. The van der Waals surface area contributed by atoms with Crippen molar-refractivity contribution in [1.82, 2.24) is 5.32 Å². The van der Waals surface area contributed by atoms with Crippen LogP contribution in [0.5, 0.6) is 0 Å². The van der Waals surface area contributed by atoms with Gasteiger partial charge in [-0.2, -0.15) is 5.26 Å². The zero-order valence-electron chi connectivity index (χ0n) is 16.2. The fraction of sp³-hybridized carbons (Fsp3) is 0.120. The fourth-order valence-electron chi connectivity index (χ4n) is 2.85. The van der Waals surface area contributed by atoms with Crippen molar-refractivity contribution in [1.29, 1.82) is 5.26 Å². The Morgan fingerprint density at radius 2 is 1.59 bits per heavy atom. The lowest BCUT2D eigenvalue weighted by atomic mass is 10.0. The van der Waals surface area contributed by atoms with Crippen LogP contribution in [0.4, 0.5) is 0 Å². The molecule has 0 spiro atoms. The Morgan fingerprint density at radius 1 is 1.00 bits per heavy atom. The molecule has 0 bridgehead atoms.